The summed E-state index contributed by atoms with van der Waals surface area (Å²) in [6, 6.07) is 20.7. The first-order valence-electron chi connectivity index (χ1n) is 11.0. The van der Waals surface area contributed by atoms with Crippen molar-refractivity contribution in [2.75, 3.05) is 23.4 Å². The summed E-state index contributed by atoms with van der Waals surface area (Å²) in [5.41, 5.74) is 5.83. The molecule has 3 aromatic rings. The van der Waals surface area contributed by atoms with Gasteiger partial charge in [0.2, 0.25) is 11.8 Å². The Balaban J connectivity index is 1.57. The third-order valence-electron chi connectivity index (χ3n) is 5.49. The molecule has 168 valence electrons. The van der Waals surface area contributed by atoms with Gasteiger partial charge in [-0.25, -0.2) is 0 Å². The average Bonchev–Trinajstić information content (AvgIpc) is 2.92. The highest BCUT2D eigenvalue weighted by Crippen LogP contribution is 2.33. The zero-order valence-corrected chi connectivity index (χ0v) is 19.1. The molecule has 0 aromatic heterocycles. The summed E-state index contributed by atoms with van der Waals surface area (Å²) in [5, 5.41) is 2.86. The molecule has 1 heterocycles. The zero-order valence-electron chi connectivity index (χ0n) is 19.1. The number of para-hydroxylation sites is 2. The van der Waals surface area contributed by atoms with Crippen molar-refractivity contribution in [3.05, 3.63) is 83.4 Å². The molecule has 2 amide bonds. The number of nitrogens with zero attached hydrogens (tertiary/aromatic N) is 2. The number of carbonyl (C=O) groups is 2. The van der Waals surface area contributed by atoms with Crippen LogP contribution in [0, 0.1) is 13.8 Å². The van der Waals surface area contributed by atoms with Crippen molar-refractivity contribution in [2.24, 2.45) is 4.99 Å². The summed E-state index contributed by atoms with van der Waals surface area (Å²) < 4.78 is 5.44. The SMILES string of the molecule is CCOc1ccc(NC(=O)CN2C(=O)CC(c3ccc(C)cc3C)=Nc3ccccc32)cc1. The molecule has 6 nitrogen and oxygen atoms in total. The second-order valence-corrected chi connectivity index (χ2v) is 8.03. The number of aryl methyl sites for hydroxylation is 2. The van der Waals surface area contributed by atoms with Crippen LogP contribution in [-0.2, 0) is 9.59 Å². The summed E-state index contributed by atoms with van der Waals surface area (Å²) in [6.45, 7) is 6.46. The molecule has 0 radical (unpaired) electrons. The van der Waals surface area contributed by atoms with Crippen molar-refractivity contribution < 1.29 is 14.3 Å². The van der Waals surface area contributed by atoms with Crippen LogP contribution in [0.25, 0.3) is 0 Å². The van der Waals surface area contributed by atoms with Crippen LogP contribution in [0.5, 0.6) is 5.75 Å². The maximum atomic E-state index is 13.3. The van der Waals surface area contributed by atoms with E-state index in [2.05, 4.69) is 11.4 Å². The number of aliphatic imine (C=N–C) groups is 1. The molecule has 0 bridgehead atoms. The van der Waals surface area contributed by atoms with Gasteiger partial charge in [0.15, 0.2) is 0 Å². The fourth-order valence-electron chi connectivity index (χ4n) is 3.96. The van der Waals surface area contributed by atoms with Crippen LogP contribution >= 0.6 is 0 Å². The minimum atomic E-state index is -0.280. The van der Waals surface area contributed by atoms with Crippen molar-refractivity contribution in [1.29, 1.82) is 0 Å². The predicted octanol–water partition coefficient (Wildman–Crippen LogP) is 5.20. The molecule has 0 spiro atoms. The van der Waals surface area contributed by atoms with Crippen LogP contribution in [0.3, 0.4) is 0 Å². The van der Waals surface area contributed by atoms with E-state index in [-0.39, 0.29) is 24.8 Å². The van der Waals surface area contributed by atoms with Crippen LogP contribution in [0.4, 0.5) is 17.1 Å². The number of hydrogen-bond donors (Lipinski definition) is 1. The van der Waals surface area contributed by atoms with E-state index in [0.717, 1.165) is 22.4 Å². The molecule has 0 unspecified atom stereocenters. The summed E-state index contributed by atoms with van der Waals surface area (Å²) >= 11 is 0. The summed E-state index contributed by atoms with van der Waals surface area (Å²) in [7, 11) is 0. The number of carbonyl (C=O) groups excluding carboxylic acids is 2. The van der Waals surface area contributed by atoms with Gasteiger partial charge in [0, 0.05) is 5.69 Å². The average molecular weight is 442 g/mol. The number of hydrogen-bond acceptors (Lipinski definition) is 4. The first-order chi connectivity index (χ1) is 15.9. The van der Waals surface area contributed by atoms with Gasteiger partial charge in [0.25, 0.3) is 0 Å². The van der Waals surface area contributed by atoms with E-state index in [0.29, 0.717) is 29.4 Å². The monoisotopic (exact) mass is 441 g/mol. The van der Waals surface area contributed by atoms with E-state index >= 15 is 0 Å². The molecule has 1 aliphatic rings. The number of nitrogens with one attached hydrogen (secondary N) is 1. The largest absolute Gasteiger partial charge is 0.494 e. The van der Waals surface area contributed by atoms with Crippen LogP contribution in [-0.4, -0.2) is 30.7 Å². The lowest BCUT2D eigenvalue weighted by Crippen LogP contribution is -2.38. The van der Waals surface area contributed by atoms with Crippen LogP contribution in [0.2, 0.25) is 0 Å². The molecular formula is C27H27N3O3. The Kier molecular flexibility index (Phi) is 6.54. The van der Waals surface area contributed by atoms with Gasteiger partial charge in [-0.3, -0.25) is 14.6 Å². The predicted molar refractivity (Wildman–Crippen MR) is 132 cm³/mol. The smallest absolute Gasteiger partial charge is 0.244 e. The topological polar surface area (TPSA) is 71.0 Å². The third kappa shape index (κ3) is 5.12. The lowest BCUT2D eigenvalue weighted by Gasteiger charge is -2.22. The van der Waals surface area contributed by atoms with Gasteiger partial charge in [-0.1, -0.05) is 35.9 Å². The van der Waals surface area contributed by atoms with Gasteiger partial charge in [-0.2, -0.15) is 0 Å². The highest BCUT2D eigenvalue weighted by atomic mass is 16.5. The maximum Gasteiger partial charge on any atom is 0.244 e. The summed E-state index contributed by atoms with van der Waals surface area (Å²) in [5.74, 6) is 0.293. The van der Waals surface area contributed by atoms with E-state index in [4.69, 9.17) is 9.73 Å². The molecule has 1 N–H and O–H groups in total. The standard InChI is InChI=1S/C27H27N3O3/c1-4-33-21-12-10-20(11-13-21)28-26(31)17-30-25-8-6-5-7-23(25)29-24(16-27(30)32)22-14-9-18(2)15-19(22)3/h5-15H,4,16-17H2,1-3H3,(H,28,31). The minimum absolute atomic E-state index is 0.0985. The molecule has 0 saturated carbocycles. The first kappa shape index (κ1) is 22.3. The fraction of sp³-hybridized carbons (Fsp3) is 0.222. The highest BCUT2D eigenvalue weighted by molar-refractivity contribution is 6.19. The fourth-order valence-corrected chi connectivity index (χ4v) is 3.96. The Morgan fingerprint density at radius 3 is 2.55 bits per heavy atom. The lowest BCUT2D eigenvalue weighted by atomic mass is 9.99. The Bertz CT molecular complexity index is 1220. The first-order valence-corrected chi connectivity index (χ1v) is 11.0. The molecular weight excluding hydrogens is 414 g/mol. The molecule has 0 aliphatic carbocycles. The molecule has 3 aromatic carbocycles. The van der Waals surface area contributed by atoms with Crippen molar-refractivity contribution in [3.8, 4) is 5.75 Å². The van der Waals surface area contributed by atoms with Gasteiger partial charge in [0.1, 0.15) is 12.3 Å². The van der Waals surface area contributed by atoms with Crippen molar-refractivity contribution >= 4 is 34.6 Å². The second-order valence-electron chi connectivity index (χ2n) is 8.03. The number of rotatable bonds is 6. The lowest BCUT2D eigenvalue weighted by molar-refractivity contribution is -0.120. The molecule has 33 heavy (non-hydrogen) atoms. The number of benzene rings is 3. The maximum absolute atomic E-state index is 13.3. The highest BCUT2D eigenvalue weighted by Gasteiger charge is 2.27. The normalized spacial score (nSPS) is 13.1. The third-order valence-corrected chi connectivity index (χ3v) is 5.49. The van der Waals surface area contributed by atoms with Crippen LogP contribution < -0.4 is 15.0 Å². The molecule has 0 fully saturated rings. The van der Waals surface area contributed by atoms with Gasteiger partial charge in [0.05, 0.1) is 30.1 Å². The number of fused-ring (bicyclic) bond motifs is 1. The van der Waals surface area contributed by atoms with E-state index in [9.17, 15) is 9.59 Å². The number of amides is 2. The molecule has 1 aliphatic heterocycles. The summed E-state index contributed by atoms with van der Waals surface area (Å²) in [4.78, 5) is 32.5. The Labute approximate surface area is 193 Å². The van der Waals surface area contributed by atoms with Gasteiger partial charge < -0.3 is 15.0 Å². The zero-order chi connectivity index (χ0) is 23.4. The van der Waals surface area contributed by atoms with Crippen molar-refractivity contribution in [3.63, 3.8) is 0 Å². The molecule has 6 heteroatoms. The van der Waals surface area contributed by atoms with E-state index in [1.807, 2.05) is 57.2 Å². The van der Waals surface area contributed by atoms with Crippen LogP contribution in [0.15, 0.2) is 71.7 Å². The second kappa shape index (κ2) is 9.69. The Morgan fingerprint density at radius 2 is 1.82 bits per heavy atom. The van der Waals surface area contributed by atoms with Gasteiger partial charge >= 0.3 is 0 Å². The summed E-state index contributed by atoms with van der Waals surface area (Å²) in [6.07, 6.45) is 0.120. The van der Waals surface area contributed by atoms with E-state index < -0.39 is 0 Å². The Morgan fingerprint density at radius 1 is 1.06 bits per heavy atom. The van der Waals surface area contributed by atoms with Gasteiger partial charge in [-0.15, -0.1) is 0 Å². The van der Waals surface area contributed by atoms with Crippen molar-refractivity contribution in [1.82, 2.24) is 0 Å². The van der Waals surface area contributed by atoms with E-state index in [1.165, 1.54) is 4.90 Å². The molecule has 4 rings (SSSR count). The molecule has 0 atom stereocenters. The van der Waals surface area contributed by atoms with E-state index in [1.54, 1.807) is 24.3 Å². The Hall–Kier alpha value is -3.93. The quantitative estimate of drug-likeness (QED) is 0.572. The number of anilines is 2. The minimum Gasteiger partial charge on any atom is -0.494 e. The van der Waals surface area contributed by atoms with Gasteiger partial charge in [-0.05, 0) is 68.3 Å². The molecule has 0 saturated heterocycles. The number of ether oxygens (including phenoxy) is 1. The van der Waals surface area contributed by atoms with Crippen molar-refractivity contribution in [2.45, 2.75) is 27.2 Å². The van der Waals surface area contributed by atoms with Crippen LogP contribution in [0.1, 0.15) is 30.0 Å².